The summed E-state index contributed by atoms with van der Waals surface area (Å²) in [6.07, 6.45) is 1.40. The first-order valence-corrected chi connectivity index (χ1v) is 4.67. The molecule has 0 unspecified atom stereocenters. The van der Waals surface area contributed by atoms with Gasteiger partial charge >= 0.3 is 0 Å². The van der Waals surface area contributed by atoms with Crippen molar-refractivity contribution in [2.24, 2.45) is 0 Å². The highest BCUT2D eigenvalue weighted by Gasteiger charge is 2.23. The number of hydrogen-bond donors (Lipinski definition) is 1. The van der Waals surface area contributed by atoms with Gasteiger partial charge < -0.3 is 10.0 Å². The summed E-state index contributed by atoms with van der Waals surface area (Å²) in [5.74, 6) is 0.698. The molecular weight excluding hydrogens is 202 g/mol. The quantitative estimate of drug-likeness (QED) is 0.774. The van der Waals surface area contributed by atoms with Gasteiger partial charge in [-0.15, -0.1) is 0 Å². The van der Waals surface area contributed by atoms with E-state index in [2.05, 4.69) is 9.97 Å². The molecule has 78 valence electrons. The molecule has 0 aromatic carbocycles. The third kappa shape index (κ3) is 2.33. The van der Waals surface area contributed by atoms with Crippen LogP contribution >= 0.6 is 11.6 Å². The average Bonchev–Trinajstić information content (AvgIpc) is 2.16. The van der Waals surface area contributed by atoms with E-state index in [1.165, 1.54) is 6.33 Å². The largest absolute Gasteiger partial charge is 0.394 e. The van der Waals surface area contributed by atoms with Crippen LogP contribution in [0.5, 0.6) is 0 Å². The molecule has 0 saturated carbocycles. The minimum Gasteiger partial charge on any atom is -0.394 e. The molecule has 0 spiro atoms. The lowest BCUT2D eigenvalue weighted by molar-refractivity contribution is 0.215. The summed E-state index contributed by atoms with van der Waals surface area (Å²) in [4.78, 5) is 9.73. The van der Waals surface area contributed by atoms with E-state index in [9.17, 15) is 5.11 Å². The highest BCUT2D eigenvalue weighted by Crippen LogP contribution is 2.20. The van der Waals surface area contributed by atoms with Crippen molar-refractivity contribution in [1.29, 1.82) is 0 Å². The monoisotopic (exact) mass is 215 g/mol. The standard InChI is InChI=1S/C9H14ClN3O/c1-9(2,5-14)13(3)8-4-7(10)11-6-12-8/h4,6,14H,5H2,1-3H3. The second-order valence-electron chi connectivity index (χ2n) is 3.73. The number of nitrogens with zero attached hydrogens (tertiary/aromatic N) is 3. The lowest BCUT2D eigenvalue weighted by Crippen LogP contribution is -2.44. The Balaban J connectivity index is 2.94. The minimum absolute atomic E-state index is 0.0467. The molecule has 0 saturated heterocycles. The molecule has 0 aliphatic carbocycles. The van der Waals surface area contributed by atoms with Crippen molar-refractivity contribution in [3.8, 4) is 0 Å². The Kier molecular flexibility index (Phi) is 3.29. The van der Waals surface area contributed by atoms with Crippen LogP contribution in [-0.2, 0) is 0 Å². The fourth-order valence-corrected chi connectivity index (χ4v) is 1.07. The highest BCUT2D eigenvalue weighted by molar-refractivity contribution is 6.29. The summed E-state index contributed by atoms with van der Waals surface area (Å²) in [6, 6.07) is 1.67. The van der Waals surface area contributed by atoms with Gasteiger partial charge in [0, 0.05) is 13.1 Å². The summed E-state index contributed by atoms with van der Waals surface area (Å²) in [5.41, 5.74) is -0.363. The van der Waals surface area contributed by atoms with Crippen molar-refractivity contribution in [2.45, 2.75) is 19.4 Å². The number of aliphatic hydroxyl groups is 1. The van der Waals surface area contributed by atoms with Gasteiger partial charge in [-0.1, -0.05) is 11.6 Å². The Hall–Kier alpha value is -0.870. The summed E-state index contributed by atoms with van der Waals surface area (Å²) < 4.78 is 0. The first kappa shape index (κ1) is 11.2. The van der Waals surface area contributed by atoms with Gasteiger partial charge in [-0.2, -0.15) is 0 Å². The molecule has 14 heavy (non-hydrogen) atoms. The molecule has 1 rings (SSSR count). The zero-order valence-corrected chi connectivity index (χ0v) is 9.28. The van der Waals surface area contributed by atoms with Crippen LogP contribution < -0.4 is 4.90 Å². The van der Waals surface area contributed by atoms with Crippen molar-refractivity contribution in [3.05, 3.63) is 17.5 Å². The number of anilines is 1. The van der Waals surface area contributed by atoms with E-state index < -0.39 is 0 Å². The third-order valence-electron chi connectivity index (χ3n) is 2.26. The van der Waals surface area contributed by atoms with Crippen LogP contribution in [0.25, 0.3) is 0 Å². The fraction of sp³-hybridized carbons (Fsp3) is 0.556. The number of aliphatic hydroxyl groups excluding tert-OH is 1. The van der Waals surface area contributed by atoms with Gasteiger partial charge in [-0.25, -0.2) is 9.97 Å². The molecule has 0 aliphatic rings. The number of aromatic nitrogens is 2. The first-order valence-electron chi connectivity index (χ1n) is 4.29. The molecule has 1 aromatic rings. The van der Waals surface area contributed by atoms with Crippen LogP contribution in [0.15, 0.2) is 12.4 Å². The smallest absolute Gasteiger partial charge is 0.134 e. The summed E-state index contributed by atoms with van der Waals surface area (Å²) in [6.45, 7) is 3.89. The second kappa shape index (κ2) is 4.11. The van der Waals surface area contributed by atoms with E-state index in [0.717, 1.165) is 0 Å². The summed E-state index contributed by atoms with van der Waals surface area (Å²) in [5, 5.41) is 9.58. The lowest BCUT2D eigenvalue weighted by Gasteiger charge is -2.34. The maximum Gasteiger partial charge on any atom is 0.134 e. The fourth-order valence-electron chi connectivity index (χ4n) is 0.924. The number of rotatable bonds is 3. The minimum atomic E-state index is -0.363. The van der Waals surface area contributed by atoms with Crippen molar-refractivity contribution in [1.82, 2.24) is 9.97 Å². The Labute approximate surface area is 88.6 Å². The van der Waals surface area contributed by atoms with E-state index in [0.29, 0.717) is 11.0 Å². The molecule has 1 heterocycles. The molecular formula is C9H14ClN3O. The zero-order chi connectivity index (χ0) is 10.8. The van der Waals surface area contributed by atoms with Gasteiger partial charge in [-0.05, 0) is 13.8 Å². The van der Waals surface area contributed by atoms with Crippen molar-refractivity contribution in [3.63, 3.8) is 0 Å². The Morgan fingerprint density at radius 2 is 2.14 bits per heavy atom. The van der Waals surface area contributed by atoms with Crippen LogP contribution in [0.4, 0.5) is 5.82 Å². The predicted octanol–water partition coefficient (Wildman–Crippen LogP) is 1.34. The highest BCUT2D eigenvalue weighted by atomic mass is 35.5. The van der Waals surface area contributed by atoms with Gasteiger partial charge in [0.2, 0.25) is 0 Å². The Morgan fingerprint density at radius 1 is 1.50 bits per heavy atom. The number of halogens is 1. The van der Waals surface area contributed by atoms with Crippen LogP contribution in [0.2, 0.25) is 5.15 Å². The Bertz CT molecular complexity index is 317. The number of likely N-dealkylation sites (N-methyl/N-ethyl adjacent to an activating group) is 1. The molecule has 0 radical (unpaired) electrons. The van der Waals surface area contributed by atoms with E-state index in [-0.39, 0.29) is 12.1 Å². The van der Waals surface area contributed by atoms with Crippen LogP contribution in [0.1, 0.15) is 13.8 Å². The summed E-state index contributed by atoms with van der Waals surface area (Å²) in [7, 11) is 1.86. The van der Waals surface area contributed by atoms with Gasteiger partial charge in [0.15, 0.2) is 0 Å². The number of hydrogen-bond acceptors (Lipinski definition) is 4. The third-order valence-corrected chi connectivity index (χ3v) is 2.46. The molecule has 1 N–H and O–H groups in total. The van der Waals surface area contributed by atoms with E-state index in [1.54, 1.807) is 6.07 Å². The van der Waals surface area contributed by atoms with Crippen LogP contribution in [0.3, 0.4) is 0 Å². The van der Waals surface area contributed by atoms with Gasteiger partial charge in [0.05, 0.1) is 12.1 Å². The SMILES string of the molecule is CN(c1cc(Cl)ncn1)C(C)(C)CO. The van der Waals surface area contributed by atoms with Gasteiger partial charge in [0.25, 0.3) is 0 Å². The molecule has 0 atom stereocenters. The van der Waals surface area contributed by atoms with Gasteiger partial charge in [-0.3, -0.25) is 0 Å². The topological polar surface area (TPSA) is 49.2 Å². The molecule has 0 amide bonds. The molecule has 0 fully saturated rings. The first-order chi connectivity index (χ1) is 6.47. The van der Waals surface area contributed by atoms with Crippen LogP contribution in [-0.4, -0.2) is 34.3 Å². The molecule has 4 nitrogen and oxygen atoms in total. The maximum atomic E-state index is 9.18. The van der Waals surface area contributed by atoms with E-state index in [4.69, 9.17) is 11.6 Å². The average molecular weight is 216 g/mol. The molecule has 5 heteroatoms. The molecule has 0 bridgehead atoms. The summed E-state index contributed by atoms with van der Waals surface area (Å²) >= 11 is 5.74. The predicted molar refractivity (Wildman–Crippen MR) is 56.6 cm³/mol. The molecule has 1 aromatic heterocycles. The van der Waals surface area contributed by atoms with Crippen molar-refractivity contribution < 1.29 is 5.11 Å². The normalized spacial score (nSPS) is 11.5. The zero-order valence-electron chi connectivity index (χ0n) is 8.53. The van der Waals surface area contributed by atoms with Crippen LogP contribution in [0, 0.1) is 0 Å². The van der Waals surface area contributed by atoms with Crippen molar-refractivity contribution >= 4 is 17.4 Å². The maximum absolute atomic E-state index is 9.18. The Morgan fingerprint density at radius 3 is 2.64 bits per heavy atom. The van der Waals surface area contributed by atoms with E-state index in [1.807, 2.05) is 25.8 Å². The van der Waals surface area contributed by atoms with Crippen molar-refractivity contribution in [2.75, 3.05) is 18.6 Å². The lowest BCUT2D eigenvalue weighted by atomic mass is 10.1. The second-order valence-corrected chi connectivity index (χ2v) is 4.12. The molecule has 0 aliphatic heterocycles. The van der Waals surface area contributed by atoms with E-state index >= 15 is 0 Å². The van der Waals surface area contributed by atoms with Gasteiger partial charge in [0.1, 0.15) is 17.3 Å².